The van der Waals surface area contributed by atoms with Gasteiger partial charge in [-0.05, 0) is 73.6 Å². The van der Waals surface area contributed by atoms with E-state index in [0.717, 1.165) is 26.4 Å². The molecule has 0 aliphatic carbocycles. The maximum atomic E-state index is 11.7. The zero-order valence-corrected chi connectivity index (χ0v) is 29.7. The van der Waals surface area contributed by atoms with Crippen LogP contribution in [-0.4, -0.2) is 60.0 Å². The standard InChI is InChI=1S/2C8H6F3NO.2C4H8O.2C4H9O.Cr.Li/c2*9-8(10,11)7(13)5-6-3-1-2-4-12-6;2*1-2-4-5-3-1;2*1-4(2,3)5;;/h2*1-5,13H;2*1-4H2;2*1-3H3;;/q;;;;2*-1;+3;+1/p-2/b2*7-5-;;;;;;. The summed E-state index contributed by atoms with van der Waals surface area (Å²) in [5, 5.41) is 41.0. The van der Waals surface area contributed by atoms with Crippen molar-refractivity contribution in [1.82, 2.24) is 9.97 Å². The molecule has 4 heterocycles. The molecule has 2 aromatic heterocycles. The van der Waals surface area contributed by atoms with Gasteiger partial charge in [0.25, 0.3) is 0 Å². The second-order valence-corrected chi connectivity index (χ2v) is 11.4. The molecular formula is C32H44CrF6LiN2O6. The molecule has 4 rings (SSSR count). The number of halogens is 6. The predicted octanol–water partition coefficient (Wildman–Crippen LogP) is 1.58. The maximum Gasteiger partial charge on any atom is 3.00 e. The van der Waals surface area contributed by atoms with Crippen molar-refractivity contribution in [3.05, 3.63) is 71.7 Å². The number of pyridine rings is 2. The Bertz CT molecular complexity index is 974. The molecule has 48 heavy (non-hydrogen) atoms. The van der Waals surface area contributed by atoms with Crippen LogP contribution in [0.4, 0.5) is 26.3 Å². The zero-order valence-electron chi connectivity index (χ0n) is 28.5. The van der Waals surface area contributed by atoms with Gasteiger partial charge in [0, 0.05) is 38.8 Å². The molecular weight excluding hydrogens is 681 g/mol. The van der Waals surface area contributed by atoms with Crippen LogP contribution < -0.4 is 39.3 Å². The van der Waals surface area contributed by atoms with Crippen molar-refractivity contribution in [2.45, 2.75) is 90.8 Å². The minimum Gasteiger partial charge on any atom is -0.869 e. The fraction of sp³-hybridized carbons (Fsp3) is 0.562. The Balaban J connectivity index is -0.000000256. The van der Waals surface area contributed by atoms with Crippen molar-refractivity contribution in [1.29, 1.82) is 0 Å². The normalized spacial score (nSPS) is 14.5. The first-order valence-corrected chi connectivity index (χ1v) is 14.3. The van der Waals surface area contributed by atoms with Gasteiger partial charge in [-0.3, -0.25) is 9.97 Å². The van der Waals surface area contributed by atoms with Crippen LogP contribution in [-0.2, 0) is 26.8 Å². The van der Waals surface area contributed by atoms with Crippen molar-refractivity contribution in [3.8, 4) is 0 Å². The number of hydrogen-bond donors (Lipinski definition) is 0. The van der Waals surface area contributed by atoms with Gasteiger partial charge >= 0.3 is 48.6 Å². The fourth-order valence-corrected chi connectivity index (χ4v) is 2.38. The molecule has 8 nitrogen and oxygen atoms in total. The summed E-state index contributed by atoms with van der Waals surface area (Å²) in [5.74, 6) is -3.79. The van der Waals surface area contributed by atoms with Crippen LogP contribution in [0.25, 0.3) is 12.2 Å². The second-order valence-electron chi connectivity index (χ2n) is 11.4. The summed E-state index contributed by atoms with van der Waals surface area (Å²) in [7, 11) is 0. The molecule has 0 unspecified atom stereocenters. The Morgan fingerprint density at radius 2 is 0.854 bits per heavy atom. The summed E-state index contributed by atoms with van der Waals surface area (Å²) >= 11 is 0. The van der Waals surface area contributed by atoms with E-state index in [1.165, 1.54) is 62.3 Å². The maximum absolute atomic E-state index is 11.7. The molecule has 2 aromatic rings. The van der Waals surface area contributed by atoms with E-state index in [9.17, 15) is 46.8 Å². The molecule has 0 amide bonds. The average Bonchev–Trinajstić information content (AvgIpc) is 3.67. The largest absolute Gasteiger partial charge is 3.00 e. The van der Waals surface area contributed by atoms with Gasteiger partial charge in [-0.1, -0.05) is 53.7 Å². The summed E-state index contributed by atoms with van der Waals surface area (Å²) in [5.41, 5.74) is -1.49. The number of aromatic nitrogens is 2. The van der Waals surface area contributed by atoms with E-state index in [4.69, 9.17) is 9.47 Å². The molecule has 0 bridgehead atoms. The summed E-state index contributed by atoms with van der Waals surface area (Å²) in [6, 6.07) is 8.75. The summed E-state index contributed by atoms with van der Waals surface area (Å²) in [4.78, 5) is 7.11. The number of allylic oxidation sites excluding steroid dienone is 2. The molecule has 2 saturated heterocycles. The first-order chi connectivity index (χ1) is 21.0. The molecule has 0 saturated carbocycles. The van der Waals surface area contributed by atoms with Gasteiger partial charge in [-0.25, -0.2) is 0 Å². The SMILES string of the molecule is C1CCOC1.C1CCOC1.CC(C)(C)[O-].CC(C)(C)[O-].[Cr+3].[Li+].[O-]/C(=C\c1ccccn1)C(F)(F)F.[O-]/C(=C\c1ccccn1)C(F)(F)F. The van der Waals surface area contributed by atoms with Crippen LogP contribution in [0.2, 0.25) is 0 Å². The summed E-state index contributed by atoms with van der Waals surface area (Å²) in [6.45, 7) is 13.8. The average molecular weight is 726 g/mol. The molecule has 0 N–H and O–H groups in total. The Labute approximate surface area is 302 Å². The minimum atomic E-state index is -4.82. The van der Waals surface area contributed by atoms with E-state index in [-0.39, 0.29) is 47.6 Å². The van der Waals surface area contributed by atoms with Crippen LogP contribution in [0.3, 0.4) is 0 Å². The number of ether oxygens (including phenoxy) is 2. The van der Waals surface area contributed by atoms with Gasteiger partial charge in [-0.15, -0.1) is 11.2 Å². The van der Waals surface area contributed by atoms with E-state index in [2.05, 4.69) is 9.97 Å². The molecule has 0 spiro atoms. The Hall–Kier alpha value is -2.07. The topological polar surface area (TPSA) is 136 Å². The van der Waals surface area contributed by atoms with Crippen LogP contribution in [0.5, 0.6) is 0 Å². The van der Waals surface area contributed by atoms with Crippen LogP contribution in [0.1, 0.15) is 78.6 Å². The predicted molar refractivity (Wildman–Crippen MR) is 156 cm³/mol. The Morgan fingerprint density at radius 3 is 1.00 bits per heavy atom. The van der Waals surface area contributed by atoms with Gasteiger partial charge in [0.05, 0.1) is 11.4 Å². The molecule has 16 heteroatoms. The van der Waals surface area contributed by atoms with Crippen molar-refractivity contribution >= 4 is 12.2 Å². The van der Waals surface area contributed by atoms with E-state index in [1.807, 2.05) is 0 Å². The van der Waals surface area contributed by atoms with Gasteiger partial charge in [0.2, 0.25) is 0 Å². The third-order valence-electron chi connectivity index (χ3n) is 4.15. The van der Waals surface area contributed by atoms with Crippen molar-refractivity contribution < 1.29 is 92.5 Å². The van der Waals surface area contributed by atoms with Crippen molar-refractivity contribution in [2.75, 3.05) is 26.4 Å². The molecule has 2 aliphatic heterocycles. The van der Waals surface area contributed by atoms with E-state index >= 15 is 0 Å². The van der Waals surface area contributed by atoms with Crippen molar-refractivity contribution in [3.63, 3.8) is 0 Å². The smallest absolute Gasteiger partial charge is 0.869 e. The van der Waals surface area contributed by atoms with Gasteiger partial charge in [0.1, 0.15) is 0 Å². The second kappa shape index (κ2) is 27.7. The minimum absolute atomic E-state index is 0. The third kappa shape index (κ3) is 42.0. The van der Waals surface area contributed by atoms with Crippen LogP contribution >= 0.6 is 0 Å². The molecule has 2 aliphatic rings. The van der Waals surface area contributed by atoms with E-state index in [0.29, 0.717) is 12.2 Å². The number of rotatable bonds is 2. The molecule has 1 radical (unpaired) electrons. The Kier molecular flexibility index (Phi) is 30.5. The van der Waals surface area contributed by atoms with E-state index < -0.39 is 35.1 Å². The quantitative estimate of drug-likeness (QED) is 0.259. The van der Waals surface area contributed by atoms with Crippen LogP contribution in [0.15, 0.2) is 60.3 Å². The summed E-state index contributed by atoms with van der Waals surface area (Å²) in [6.07, 6.45) is -0.986. The monoisotopic (exact) mass is 725 g/mol. The summed E-state index contributed by atoms with van der Waals surface area (Å²) < 4.78 is 80.2. The molecule has 267 valence electrons. The first kappa shape index (κ1) is 52.7. The van der Waals surface area contributed by atoms with Gasteiger partial charge in [-0.2, -0.15) is 26.3 Å². The first-order valence-electron chi connectivity index (χ1n) is 14.3. The third-order valence-corrected chi connectivity index (χ3v) is 4.15. The zero-order chi connectivity index (χ0) is 35.9. The number of hydrogen-bond acceptors (Lipinski definition) is 8. The fourth-order valence-electron chi connectivity index (χ4n) is 2.38. The molecule has 2 fully saturated rings. The molecule has 0 aromatic carbocycles. The molecule has 0 atom stereocenters. The van der Waals surface area contributed by atoms with Crippen molar-refractivity contribution in [2.24, 2.45) is 0 Å². The van der Waals surface area contributed by atoms with Crippen LogP contribution in [0, 0.1) is 0 Å². The number of alkyl halides is 6. The van der Waals surface area contributed by atoms with E-state index in [1.54, 1.807) is 53.7 Å². The Morgan fingerprint density at radius 1 is 0.604 bits per heavy atom. The van der Waals surface area contributed by atoms with Gasteiger partial charge in [0.15, 0.2) is 0 Å². The number of nitrogens with zero attached hydrogens (tertiary/aromatic N) is 2. The van der Waals surface area contributed by atoms with Gasteiger partial charge < -0.3 is 29.9 Å².